The molecule has 128 valence electrons. The van der Waals surface area contributed by atoms with Crippen LogP contribution in [0.15, 0.2) is 24.3 Å². The lowest BCUT2D eigenvalue weighted by atomic mass is 9.92. The zero-order valence-corrected chi connectivity index (χ0v) is 13.0. The van der Waals surface area contributed by atoms with Crippen LogP contribution in [-0.2, 0) is 0 Å². The summed E-state index contributed by atoms with van der Waals surface area (Å²) in [5.41, 5.74) is 0.371. The van der Waals surface area contributed by atoms with Crippen LogP contribution in [0.1, 0.15) is 19.8 Å². The Balaban J connectivity index is 1.93. The largest absolute Gasteiger partial charge is 0.485 e. The number of anilines is 1. The molecule has 1 aliphatic rings. The van der Waals surface area contributed by atoms with Crippen LogP contribution in [0.3, 0.4) is 0 Å². The van der Waals surface area contributed by atoms with E-state index < -0.39 is 13.0 Å². The van der Waals surface area contributed by atoms with Crippen LogP contribution in [0.5, 0.6) is 5.75 Å². The second kappa shape index (κ2) is 8.10. The number of piperidine rings is 1. The number of carbonyl (C=O) groups excluding carboxylic acids is 1. The van der Waals surface area contributed by atoms with E-state index in [0.717, 1.165) is 12.8 Å². The van der Waals surface area contributed by atoms with Gasteiger partial charge in [-0.25, -0.2) is 13.6 Å². The van der Waals surface area contributed by atoms with E-state index >= 15 is 0 Å². The Morgan fingerprint density at radius 3 is 2.65 bits per heavy atom. The lowest BCUT2D eigenvalue weighted by molar-refractivity contribution is 0.0811. The summed E-state index contributed by atoms with van der Waals surface area (Å²) in [7, 11) is 0. The Morgan fingerprint density at radius 1 is 1.39 bits per heavy atom. The highest BCUT2D eigenvalue weighted by molar-refractivity contribution is 5.91. The van der Waals surface area contributed by atoms with Crippen molar-refractivity contribution in [3.63, 3.8) is 0 Å². The van der Waals surface area contributed by atoms with Gasteiger partial charge in [-0.2, -0.15) is 0 Å². The first-order valence-corrected chi connectivity index (χ1v) is 7.71. The van der Waals surface area contributed by atoms with Gasteiger partial charge in [-0.3, -0.25) is 0 Å². The molecule has 0 saturated carbocycles. The Kier molecular flexibility index (Phi) is 6.15. The Hall–Kier alpha value is -1.89. The van der Waals surface area contributed by atoms with E-state index in [0.29, 0.717) is 18.8 Å². The van der Waals surface area contributed by atoms with Gasteiger partial charge in [0, 0.05) is 13.1 Å². The Morgan fingerprint density at radius 2 is 2.04 bits per heavy atom. The van der Waals surface area contributed by atoms with Crippen molar-refractivity contribution in [1.82, 2.24) is 4.90 Å². The summed E-state index contributed by atoms with van der Waals surface area (Å²) < 4.78 is 29.6. The smallest absolute Gasteiger partial charge is 0.321 e. The molecule has 2 rings (SSSR count). The number of nitrogens with one attached hydrogen (secondary N) is 1. The number of hydrogen-bond acceptors (Lipinski definition) is 3. The third kappa shape index (κ3) is 5.06. The van der Waals surface area contributed by atoms with Crippen molar-refractivity contribution < 1.29 is 23.4 Å². The fourth-order valence-electron chi connectivity index (χ4n) is 2.63. The van der Waals surface area contributed by atoms with Crippen molar-refractivity contribution in [1.29, 1.82) is 0 Å². The van der Waals surface area contributed by atoms with Crippen LogP contribution in [0.4, 0.5) is 19.3 Å². The molecule has 1 fully saturated rings. The molecule has 2 amide bonds. The molecule has 1 atom stereocenters. The summed E-state index contributed by atoms with van der Waals surface area (Å²) in [6, 6.07) is 6.22. The predicted octanol–water partition coefficient (Wildman–Crippen LogP) is 2.96. The topological polar surface area (TPSA) is 61.8 Å². The van der Waals surface area contributed by atoms with E-state index in [1.54, 1.807) is 30.0 Å². The van der Waals surface area contributed by atoms with Gasteiger partial charge in [0.1, 0.15) is 12.4 Å². The van der Waals surface area contributed by atoms with Gasteiger partial charge >= 0.3 is 6.03 Å². The average Bonchev–Trinajstić information content (AvgIpc) is 2.54. The summed E-state index contributed by atoms with van der Waals surface area (Å²) in [6.45, 7) is 2.16. The zero-order valence-electron chi connectivity index (χ0n) is 13.0. The van der Waals surface area contributed by atoms with Crippen LogP contribution in [-0.4, -0.2) is 48.3 Å². The summed E-state index contributed by atoms with van der Waals surface area (Å²) in [5, 5.41) is 12.3. The lowest BCUT2D eigenvalue weighted by Gasteiger charge is -2.33. The highest BCUT2D eigenvalue weighted by atomic mass is 19.3. The maximum absolute atomic E-state index is 12.3. The van der Waals surface area contributed by atoms with Crippen LogP contribution in [0.2, 0.25) is 0 Å². The van der Waals surface area contributed by atoms with Gasteiger partial charge in [0.25, 0.3) is 6.43 Å². The molecule has 0 radical (unpaired) electrons. The minimum atomic E-state index is -2.57. The highest BCUT2D eigenvalue weighted by Gasteiger charge is 2.25. The first kappa shape index (κ1) is 17.5. The van der Waals surface area contributed by atoms with E-state index in [1.807, 2.05) is 0 Å². The number of likely N-dealkylation sites (tertiary alicyclic amines) is 1. The molecule has 2 N–H and O–H groups in total. The van der Waals surface area contributed by atoms with Crippen molar-refractivity contribution in [2.45, 2.75) is 32.3 Å². The molecule has 5 nitrogen and oxygen atoms in total. The van der Waals surface area contributed by atoms with Crippen molar-refractivity contribution >= 4 is 11.7 Å². The molecule has 1 unspecified atom stereocenters. The van der Waals surface area contributed by atoms with Gasteiger partial charge in [-0.15, -0.1) is 0 Å². The maximum atomic E-state index is 12.3. The van der Waals surface area contributed by atoms with Crippen molar-refractivity contribution in [2.75, 3.05) is 25.0 Å². The second-order valence-corrected chi connectivity index (χ2v) is 5.69. The number of aliphatic hydroxyl groups excluding tert-OH is 1. The fraction of sp³-hybridized carbons (Fsp3) is 0.562. The van der Waals surface area contributed by atoms with Crippen LogP contribution in [0.25, 0.3) is 0 Å². The van der Waals surface area contributed by atoms with E-state index in [4.69, 9.17) is 4.74 Å². The van der Waals surface area contributed by atoms with Crippen LogP contribution >= 0.6 is 0 Å². The predicted molar refractivity (Wildman–Crippen MR) is 82.9 cm³/mol. The van der Waals surface area contributed by atoms with E-state index in [2.05, 4.69) is 5.32 Å². The number of halogens is 2. The van der Waals surface area contributed by atoms with Gasteiger partial charge in [-0.1, -0.05) is 12.1 Å². The number of amides is 2. The number of carbonyl (C=O) groups is 1. The van der Waals surface area contributed by atoms with E-state index in [1.165, 1.54) is 6.07 Å². The molecule has 0 spiro atoms. The summed E-state index contributed by atoms with van der Waals surface area (Å²) in [5.74, 6) is 0.431. The Labute approximate surface area is 134 Å². The minimum Gasteiger partial charge on any atom is -0.485 e. The molecule has 1 saturated heterocycles. The molecule has 1 aromatic rings. The number of nitrogens with zero attached hydrogens (tertiary/aromatic N) is 1. The molecule has 0 aliphatic carbocycles. The molecular weight excluding hydrogens is 306 g/mol. The first-order valence-electron chi connectivity index (χ1n) is 7.71. The SMILES string of the molecule is CC(O)C1CCN(C(=O)Nc2ccccc2OCC(F)F)CC1. The molecule has 1 aromatic carbocycles. The fourth-order valence-corrected chi connectivity index (χ4v) is 2.63. The third-order valence-corrected chi connectivity index (χ3v) is 4.00. The van der Waals surface area contributed by atoms with Crippen LogP contribution in [0, 0.1) is 5.92 Å². The number of aliphatic hydroxyl groups is 1. The molecule has 7 heteroatoms. The molecule has 0 bridgehead atoms. The van der Waals surface area contributed by atoms with Gasteiger partial charge in [0.15, 0.2) is 0 Å². The molecule has 23 heavy (non-hydrogen) atoms. The van der Waals surface area contributed by atoms with Crippen LogP contribution < -0.4 is 10.1 Å². The van der Waals surface area contributed by atoms with Gasteiger partial charge in [0.05, 0.1) is 11.8 Å². The minimum absolute atomic E-state index is 0.209. The summed E-state index contributed by atoms with van der Waals surface area (Å²) in [6.07, 6.45) is -1.45. The normalized spacial score (nSPS) is 17.2. The number of hydrogen-bond donors (Lipinski definition) is 2. The summed E-state index contributed by atoms with van der Waals surface area (Å²) in [4.78, 5) is 13.9. The molecule has 1 aliphatic heterocycles. The first-order chi connectivity index (χ1) is 11.0. The van der Waals surface area contributed by atoms with Gasteiger partial charge < -0.3 is 20.1 Å². The van der Waals surface area contributed by atoms with Crippen molar-refractivity contribution in [3.8, 4) is 5.75 Å². The van der Waals surface area contributed by atoms with E-state index in [-0.39, 0.29) is 23.8 Å². The number of ether oxygens (including phenoxy) is 1. The number of para-hydroxylation sites is 2. The number of urea groups is 1. The van der Waals surface area contributed by atoms with Crippen molar-refractivity contribution in [2.24, 2.45) is 5.92 Å². The summed E-state index contributed by atoms with van der Waals surface area (Å²) >= 11 is 0. The number of benzene rings is 1. The Bertz CT molecular complexity index is 518. The van der Waals surface area contributed by atoms with Gasteiger partial charge in [0.2, 0.25) is 0 Å². The monoisotopic (exact) mass is 328 g/mol. The number of rotatable bonds is 5. The van der Waals surface area contributed by atoms with Gasteiger partial charge in [-0.05, 0) is 37.8 Å². The standard InChI is InChI=1S/C16H22F2N2O3/c1-11(21)12-6-8-20(9-7-12)16(22)19-13-4-2-3-5-14(13)23-10-15(17)18/h2-5,11-12,15,21H,6-10H2,1H3,(H,19,22). The lowest BCUT2D eigenvalue weighted by Crippen LogP contribution is -2.42. The number of alkyl halides is 2. The third-order valence-electron chi connectivity index (χ3n) is 4.00. The van der Waals surface area contributed by atoms with Crippen molar-refractivity contribution in [3.05, 3.63) is 24.3 Å². The highest BCUT2D eigenvalue weighted by Crippen LogP contribution is 2.26. The maximum Gasteiger partial charge on any atom is 0.321 e. The average molecular weight is 328 g/mol. The molecule has 1 heterocycles. The second-order valence-electron chi connectivity index (χ2n) is 5.69. The zero-order chi connectivity index (χ0) is 16.8. The quantitative estimate of drug-likeness (QED) is 0.873. The van der Waals surface area contributed by atoms with E-state index in [9.17, 15) is 18.7 Å². The molecular formula is C16H22F2N2O3. The molecule has 0 aromatic heterocycles.